The molecule has 2 aromatic rings. The van der Waals surface area contributed by atoms with Gasteiger partial charge in [-0.3, -0.25) is 9.78 Å². The molecule has 1 atom stereocenters. The maximum atomic E-state index is 13.1. The zero-order chi connectivity index (χ0) is 21.4. The molecule has 1 amide bonds. The lowest BCUT2D eigenvalue weighted by molar-refractivity contribution is -0.132. The van der Waals surface area contributed by atoms with Crippen molar-refractivity contribution in [3.05, 3.63) is 71.4 Å². The van der Waals surface area contributed by atoms with Crippen molar-refractivity contribution in [2.75, 3.05) is 23.7 Å². The van der Waals surface area contributed by atoms with Crippen molar-refractivity contribution in [2.45, 2.75) is 24.9 Å². The number of amides is 1. The largest absolute Gasteiger partial charge is 0.359 e. The van der Waals surface area contributed by atoms with E-state index in [1.54, 1.807) is 64.7 Å². The molecule has 4 rings (SSSR count). The van der Waals surface area contributed by atoms with Gasteiger partial charge in [0.2, 0.25) is 5.91 Å². The monoisotopic (exact) mass is 433 g/mol. The van der Waals surface area contributed by atoms with E-state index in [4.69, 9.17) is 0 Å². The average Bonchev–Trinajstić information content (AvgIpc) is 3.05. The third-order valence-corrected chi connectivity index (χ3v) is 6.61. The maximum absolute atomic E-state index is 13.1. The second-order valence-corrected chi connectivity index (χ2v) is 9.59. The van der Waals surface area contributed by atoms with E-state index < -0.39 is 21.8 Å². The molecule has 158 valence electrons. The molecule has 0 bridgehead atoms. The van der Waals surface area contributed by atoms with Crippen LogP contribution in [0.4, 0.5) is 14.5 Å². The number of carbonyl (C=O) groups excluding carboxylic acids is 1. The van der Waals surface area contributed by atoms with Gasteiger partial charge in [-0.1, -0.05) is 12.1 Å². The second-order valence-electron chi connectivity index (χ2n) is 7.66. The number of rotatable bonds is 6. The number of alkyl halides is 2. The number of hydrogen-bond acceptors (Lipinski definition) is 5. The van der Waals surface area contributed by atoms with E-state index in [-0.39, 0.29) is 37.7 Å². The van der Waals surface area contributed by atoms with Crippen molar-refractivity contribution in [1.82, 2.24) is 9.88 Å². The van der Waals surface area contributed by atoms with Crippen molar-refractivity contribution in [3.8, 4) is 0 Å². The van der Waals surface area contributed by atoms with Crippen molar-refractivity contribution in [3.63, 3.8) is 0 Å². The van der Waals surface area contributed by atoms with E-state index in [2.05, 4.69) is 4.98 Å². The first-order chi connectivity index (χ1) is 14.2. The summed E-state index contributed by atoms with van der Waals surface area (Å²) in [6.45, 7) is -0.326. The van der Waals surface area contributed by atoms with E-state index in [0.29, 0.717) is 5.69 Å². The summed E-state index contributed by atoms with van der Waals surface area (Å²) >= 11 is 0. The minimum absolute atomic E-state index is 0.0892. The lowest BCUT2D eigenvalue weighted by Crippen LogP contribution is -2.56. The topological polar surface area (TPSA) is 70.6 Å². The van der Waals surface area contributed by atoms with Crippen LogP contribution in [0.2, 0.25) is 0 Å². The Morgan fingerprint density at radius 3 is 2.33 bits per heavy atom. The van der Waals surface area contributed by atoms with Crippen LogP contribution in [0.15, 0.2) is 60.3 Å². The first-order valence-electron chi connectivity index (χ1n) is 9.52. The Kier molecular flexibility index (Phi) is 5.31. The molecule has 1 aromatic heterocycles. The number of hydrogen-bond donors (Lipinski definition) is 0. The normalized spacial score (nSPS) is 21.3. The summed E-state index contributed by atoms with van der Waals surface area (Å²) in [5.41, 5.74) is 2.28. The van der Waals surface area contributed by atoms with Crippen molar-refractivity contribution in [1.29, 1.82) is 0 Å². The highest BCUT2D eigenvalue weighted by Gasteiger charge is 2.43. The van der Waals surface area contributed by atoms with Crippen LogP contribution in [0.5, 0.6) is 0 Å². The number of sulfone groups is 1. The number of anilines is 1. The molecule has 0 radical (unpaired) electrons. The Morgan fingerprint density at radius 1 is 1.10 bits per heavy atom. The zero-order valence-corrected chi connectivity index (χ0v) is 16.9. The van der Waals surface area contributed by atoms with E-state index in [1.807, 2.05) is 0 Å². The van der Waals surface area contributed by atoms with Gasteiger partial charge < -0.3 is 9.80 Å². The molecule has 2 aliphatic rings. The van der Waals surface area contributed by atoms with E-state index in [1.165, 1.54) is 0 Å². The van der Waals surface area contributed by atoms with Gasteiger partial charge in [0.25, 0.3) is 5.92 Å². The Hall–Kier alpha value is -2.81. The van der Waals surface area contributed by atoms with Gasteiger partial charge in [-0.25, -0.2) is 17.2 Å². The fourth-order valence-corrected chi connectivity index (χ4v) is 4.92. The van der Waals surface area contributed by atoms with Gasteiger partial charge in [0.05, 0.1) is 31.3 Å². The molecule has 0 N–H and O–H groups in total. The summed E-state index contributed by atoms with van der Waals surface area (Å²) in [5.74, 6) is -2.98. The summed E-state index contributed by atoms with van der Waals surface area (Å²) in [7, 11) is -3.31. The van der Waals surface area contributed by atoms with Crippen LogP contribution in [-0.2, 0) is 27.6 Å². The van der Waals surface area contributed by atoms with Gasteiger partial charge in [0.1, 0.15) is 0 Å². The molecule has 6 nitrogen and oxygen atoms in total. The molecular formula is C21H21F2N3O3S. The highest BCUT2D eigenvalue weighted by molar-refractivity contribution is 7.94. The van der Waals surface area contributed by atoms with Gasteiger partial charge in [-0.15, -0.1) is 0 Å². The van der Waals surface area contributed by atoms with Gasteiger partial charge >= 0.3 is 0 Å². The van der Waals surface area contributed by atoms with Gasteiger partial charge in [-0.05, 0) is 41.5 Å². The van der Waals surface area contributed by atoms with Crippen molar-refractivity contribution in [2.24, 2.45) is 0 Å². The number of carbonyl (C=O) groups is 1. The molecular weight excluding hydrogens is 412 g/mol. The number of aromatic nitrogens is 1. The van der Waals surface area contributed by atoms with Gasteiger partial charge in [0, 0.05) is 30.0 Å². The first-order valence-corrected chi connectivity index (χ1v) is 11.2. The summed E-state index contributed by atoms with van der Waals surface area (Å²) in [5, 5.41) is 1.15. The smallest absolute Gasteiger partial charge is 0.282 e. The molecule has 0 spiro atoms. The van der Waals surface area contributed by atoms with Crippen LogP contribution in [0.25, 0.3) is 0 Å². The quantitative estimate of drug-likeness (QED) is 0.700. The summed E-state index contributed by atoms with van der Waals surface area (Å²) < 4.78 is 49.8. The van der Waals surface area contributed by atoms with E-state index >= 15 is 0 Å². The maximum Gasteiger partial charge on any atom is 0.282 e. The Balaban J connectivity index is 1.47. The van der Waals surface area contributed by atoms with Crippen LogP contribution in [-0.4, -0.2) is 55.0 Å². The molecule has 1 unspecified atom stereocenters. The van der Waals surface area contributed by atoms with Crippen molar-refractivity contribution < 1.29 is 22.0 Å². The fraction of sp³-hybridized carbons (Fsp3) is 0.333. The molecule has 9 heteroatoms. The molecule has 0 saturated carbocycles. The van der Waals surface area contributed by atoms with Crippen LogP contribution in [0, 0.1) is 0 Å². The highest BCUT2D eigenvalue weighted by atomic mass is 32.2. The van der Waals surface area contributed by atoms with Crippen LogP contribution in [0.3, 0.4) is 0 Å². The minimum Gasteiger partial charge on any atom is -0.359 e. The minimum atomic E-state index is -3.31. The highest BCUT2D eigenvalue weighted by Crippen LogP contribution is 2.31. The van der Waals surface area contributed by atoms with Crippen LogP contribution >= 0.6 is 0 Å². The van der Waals surface area contributed by atoms with Crippen LogP contribution in [0.1, 0.15) is 11.1 Å². The Labute approximate surface area is 173 Å². The number of benzene rings is 1. The van der Waals surface area contributed by atoms with Gasteiger partial charge in [0.15, 0.2) is 9.84 Å². The lowest BCUT2D eigenvalue weighted by Gasteiger charge is -2.40. The second kappa shape index (κ2) is 7.79. The summed E-state index contributed by atoms with van der Waals surface area (Å²) in [4.78, 5) is 20.2. The molecule has 2 aliphatic heterocycles. The van der Waals surface area contributed by atoms with E-state index in [0.717, 1.165) is 16.5 Å². The first kappa shape index (κ1) is 20.5. The average molecular weight is 433 g/mol. The third kappa shape index (κ3) is 4.67. The molecule has 1 fully saturated rings. The number of nitrogens with zero attached hydrogens (tertiary/aromatic N) is 3. The Bertz CT molecular complexity index is 1050. The zero-order valence-electron chi connectivity index (χ0n) is 16.1. The SMILES string of the molecule is O=C(Cc1ccc(N2CC(F)(F)C2)cc1)N(Cc1ccncc1)C1C=CS(=O)(=O)C1. The summed E-state index contributed by atoms with van der Waals surface area (Å²) in [6, 6.07) is 9.98. The van der Waals surface area contributed by atoms with Crippen LogP contribution < -0.4 is 4.90 Å². The predicted molar refractivity (Wildman–Crippen MR) is 109 cm³/mol. The molecule has 1 saturated heterocycles. The number of pyridine rings is 1. The third-order valence-electron chi connectivity index (χ3n) is 5.24. The molecule has 30 heavy (non-hydrogen) atoms. The van der Waals surface area contributed by atoms with Crippen molar-refractivity contribution >= 4 is 21.4 Å². The predicted octanol–water partition coefficient (Wildman–Crippen LogP) is 2.42. The Morgan fingerprint density at radius 2 is 1.77 bits per heavy atom. The van der Waals surface area contributed by atoms with Gasteiger partial charge in [-0.2, -0.15) is 0 Å². The standard InChI is InChI=1S/C21H21F2N3O3S/c22-21(23)14-25(15-21)18-3-1-16(2-4-18)11-20(27)26(12-17-5-8-24-9-6-17)19-7-10-30(28,29)13-19/h1-10,19H,11-15H2. The molecule has 1 aromatic carbocycles. The summed E-state index contributed by atoms with van der Waals surface area (Å²) in [6.07, 6.45) is 4.88. The molecule has 0 aliphatic carbocycles. The molecule has 3 heterocycles. The lowest BCUT2D eigenvalue weighted by atomic mass is 10.1. The fourth-order valence-electron chi connectivity index (χ4n) is 3.62. The number of halogens is 2. The van der Waals surface area contributed by atoms with E-state index in [9.17, 15) is 22.0 Å².